The molecule has 25 heavy (non-hydrogen) atoms. The Kier molecular flexibility index (Phi) is 3.68. The van der Waals surface area contributed by atoms with Crippen molar-refractivity contribution in [1.29, 1.82) is 0 Å². The fraction of sp³-hybridized carbons (Fsp3) is 0.312. The van der Waals surface area contributed by atoms with Gasteiger partial charge < -0.3 is 5.32 Å². The van der Waals surface area contributed by atoms with Gasteiger partial charge in [-0.05, 0) is 18.6 Å². The van der Waals surface area contributed by atoms with E-state index in [4.69, 9.17) is 0 Å². The number of rotatable bonds is 5. The third-order valence-electron chi connectivity index (χ3n) is 4.05. The zero-order chi connectivity index (χ0) is 17.4. The van der Waals surface area contributed by atoms with Gasteiger partial charge in [0, 0.05) is 13.2 Å². The van der Waals surface area contributed by atoms with Crippen LogP contribution in [0.2, 0.25) is 0 Å². The first-order chi connectivity index (χ1) is 12.2. The molecule has 0 saturated carbocycles. The molecule has 0 saturated heterocycles. The third kappa shape index (κ3) is 2.63. The second-order valence-corrected chi connectivity index (χ2v) is 5.83. The van der Waals surface area contributed by atoms with Crippen molar-refractivity contribution in [3.05, 3.63) is 46.3 Å². The molecule has 2 N–H and O–H groups in total. The van der Waals surface area contributed by atoms with Gasteiger partial charge in [0.1, 0.15) is 5.52 Å². The number of pyridine rings is 1. The number of hydrogen-bond donors (Lipinski definition) is 2. The summed E-state index contributed by atoms with van der Waals surface area (Å²) in [5, 5.41) is 15.8. The highest BCUT2D eigenvalue weighted by Gasteiger charge is 2.14. The monoisotopic (exact) mass is 338 g/mol. The molecule has 4 heterocycles. The quantitative estimate of drug-likeness (QED) is 0.567. The molecule has 4 aromatic heterocycles. The maximum Gasteiger partial charge on any atom is 0.278 e. The molecule has 9 heteroatoms. The lowest BCUT2D eigenvalue weighted by atomic mass is 10.2. The molecule has 0 unspecified atom stereocenters. The van der Waals surface area contributed by atoms with E-state index in [1.807, 2.05) is 28.8 Å². The van der Waals surface area contributed by atoms with Crippen molar-refractivity contribution in [3.8, 4) is 0 Å². The number of anilines is 1. The Balaban J connectivity index is 1.67. The van der Waals surface area contributed by atoms with Gasteiger partial charge >= 0.3 is 0 Å². The van der Waals surface area contributed by atoms with Crippen molar-refractivity contribution < 1.29 is 0 Å². The van der Waals surface area contributed by atoms with Gasteiger partial charge in [-0.25, -0.2) is 4.98 Å². The molecular weight excluding hydrogens is 320 g/mol. The highest BCUT2D eigenvalue weighted by molar-refractivity contribution is 5.77. The number of aromatic amines is 1. The molecule has 0 atom stereocenters. The number of nitrogens with one attached hydrogen (secondary N) is 2. The smallest absolute Gasteiger partial charge is 0.278 e. The van der Waals surface area contributed by atoms with E-state index >= 15 is 0 Å². The van der Waals surface area contributed by atoms with Crippen molar-refractivity contribution in [2.45, 2.75) is 26.3 Å². The Morgan fingerprint density at radius 3 is 3.00 bits per heavy atom. The van der Waals surface area contributed by atoms with Crippen LogP contribution in [0.25, 0.3) is 16.7 Å². The Bertz CT molecular complexity index is 1110. The largest absolute Gasteiger partial charge is 0.348 e. The first kappa shape index (κ1) is 15.3. The molecule has 128 valence electrons. The van der Waals surface area contributed by atoms with Gasteiger partial charge in [-0.15, -0.1) is 10.2 Å². The molecule has 0 amide bonds. The molecule has 4 aromatic rings. The van der Waals surface area contributed by atoms with Crippen LogP contribution in [0.15, 0.2) is 29.2 Å². The maximum atomic E-state index is 12.4. The van der Waals surface area contributed by atoms with Gasteiger partial charge in [0.15, 0.2) is 17.0 Å². The van der Waals surface area contributed by atoms with Crippen LogP contribution in [0, 0.1) is 0 Å². The highest BCUT2D eigenvalue weighted by Crippen LogP contribution is 2.15. The molecule has 0 radical (unpaired) electrons. The number of H-pyrrole nitrogens is 1. The minimum absolute atomic E-state index is 0.212. The van der Waals surface area contributed by atoms with E-state index in [0.717, 1.165) is 30.0 Å². The van der Waals surface area contributed by atoms with Crippen LogP contribution in [0.4, 0.5) is 5.95 Å². The van der Waals surface area contributed by atoms with Gasteiger partial charge in [0.25, 0.3) is 5.56 Å². The normalized spacial score (nSPS) is 11.4. The summed E-state index contributed by atoms with van der Waals surface area (Å²) < 4.78 is 3.47. The highest BCUT2D eigenvalue weighted by atomic mass is 16.1. The Labute approximate surface area is 142 Å². The second kappa shape index (κ2) is 6.00. The summed E-state index contributed by atoms with van der Waals surface area (Å²) in [4.78, 5) is 19.7. The Hall–Kier alpha value is -3.23. The summed E-state index contributed by atoms with van der Waals surface area (Å²) in [5.74, 6) is 1.13. The van der Waals surface area contributed by atoms with Gasteiger partial charge in [-0.1, -0.05) is 19.4 Å². The van der Waals surface area contributed by atoms with Crippen LogP contribution in [0.3, 0.4) is 0 Å². The SMILES string of the molecule is CCCc1nn(C)c2c(=O)[nH]c(NCc3nnc4ccccn34)nc12. The molecule has 0 spiro atoms. The minimum Gasteiger partial charge on any atom is -0.348 e. The van der Waals surface area contributed by atoms with E-state index in [0.29, 0.717) is 23.5 Å². The van der Waals surface area contributed by atoms with Gasteiger partial charge in [0.2, 0.25) is 5.95 Å². The number of aromatic nitrogens is 7. The topological polar surface area (TPSA) is 106 Å². The number of fused-ring (bicyclic) bond motifs is 2. The number of aryl methyl sites for hydroxylation is 2. The van der Waals surface area contributed by atoms with Crippen molar-refractivity contribution in [3.63, 3.8) is 0 Å². The lowest BCUT2D eigenvalue weighted by Gasteiger charge is -2.05. The predicted octanol–water partition coefficient (Wildman–Crippen LogP) is 1.26. The van der Waals surface area contributed by atoms with Crippen LogP contribution in [-0.2, 0) is 20.0 Å². The number of nitrogens with zero attached hydrogens (tertiary/aromatic N) is 6. The van der Waals surface area contributed by atoms with Crippen LogP contribution in [0.5, 0.6) is 0 Å². The third-order valence-corrected chi connectivity index (χ3v) is 4.05. The summed E-state index contributed by atoms with van der Waals surface area (Å²) in [6.45, 7) is 2.46. The van der Waals surface area contributed by atoms with Crippen LogP contribution in [-0.4, -0.2) is 34.3 Å². The first-order valence-electron chi connectivity index (χ1n) is 8.15. The standard InChI is InChI=1S/C16H18N8O/c1-3-6-10-13-14(23(2)22-10)15(25)19-16(18-13)17-9-12-21-20-11-7-4-5-8-24(11)12/h4-5,7-8H,3,6,9H2,1-2H3,(H2,17,18,19,25). The Morgan fingerprint density at radius 2 is 2.16 bits per heavy atom. The van der Waals surface area contributed by atoms with Crippen LogP contribution < -0.4 is 10.9 Å². The van der Waals surface area contributed by atoms with Gasteiger partial charge in [0.05, 0.1) is 12.2 Å². The van der Waals surface area contributed by atoms with Crippen molar-refractivity contribution in [2.75, 3.05) is 5.32 Å². The van der Waals surface area contributed by atoms with Crippen LogP contribution >= 0.6 is 0 Å². The molecular formula is C16H18N8O. The van der Waals surface area contributed by atoms with Gasteiger partial charge in [-0.2, -0.15) is 5.10 Å². The summed E-state index contributed by atoms with van der Waals surface area (Å²) in [6, 6.07) is 5.71. The van der Waals surface area contributed by atoms with Crippen molar-refractivity contribution in [2.24, 2.45) is 7.05 Å². The molecule has 0 aliphatic carbocycles. The lowest BCUT2D eigenvalue weighted by molar-refractivity contribution is 0.750. The second-order valence-electron chi connectivity index (χ2n) is 5.83. The molecule has 9 nitrogen and oxygen atoms in total. The van der Waals surface area contributed by atoms with E-state index in [1.54, 1.807) is 11.7 Å². The minimum atomic E-state index is -0.212. The molecule has 0 aliphatic heterocycles. The molecule has 0 aromatic carbocycles. The van der Waals surface area contributed by atoms with Crippen molar-refractivity contribution in [1.82, 2.24) is 34.3 Å². The van der Waals surface area contributed by atoms with E-state index in [-0.39, 0.29) is 5.56 Å². The van der Waals surface area contributed by atoms with E-state index in [2.05, 4.69) is 37.5 Å². The molecule has 0 fully saturated rings. The van der Waals surface area contributed by atoms with Gasteiger partial charge in [-0.3, -0.25) is 18.9 Å². The zero-order valence-corrected chi connectivity index (χ0v) is 14.0. The summed E-state index contributed by atoms with van der Waals surface area (Å²) in [5.41, 5.74) is 2.52. The summed E-state index contributed by atoms with van der Waals surface area (Å²) in [6.07, 6.45) is 3.61. The first-order valence-corrected chi connectivity index (χ1v) is 8.15. The Morgan fingerprint density at radius 1 is 1.28 bits per heavy atom. The van der Waals surface area contributed by atoms with Crippen LogP contribution in [0.1, 0.15) is 24.9 Å². The average Bonchev–Trinajstić information content (AvgIpc) is 3.15. The molecule has 0 aliphatic rings. The number of hydrogen-bond acceptors (Lipinski definition) is 6. The zero-order valence-electron chi connectivity index (χ0n) is 14.0. The average molecular weight is 338 g/mol. The van der Waals surface area contributed by atoms with E-state index < -0.39 is 0 Å². The van der Waals surface area contributed by atoms with E-state index in [1.165, 1.54) is 0 Å². The van der Waals surface area contributed by atoms with Crippen molar-refractivity contribution >= 4 is 22.6 Å². The predicted molar refractivity (Wildman–Crippen MR) is 93.4 cm³/mol. The fourth-order valence-corrected chi connectivity index (χ4v) is 2.91. The molecule has 0 bridgehead atoms. The lowest BCUT2D eigenvalue weighted by Crippen LogP contribution is -2.15. The van der Waals surface area contributed by atoms with E-state index in [9.17, 15) is 4.79 Å². The summed E-state index contributed by atoms with van der Waals surface area (Å²) in [7, 11) is 1.76. The molecule has 4 rings (SSSR count). The maximum absolute atomic E-state index is 12.4. The fourth-order valence-electron chi connectivity index (χ4n) is 2.91. The summed E-state index contributed by atoms with van der Waals surface area (Å²) >= 11 is 0.